The number of rotatable bonds is 6. The summed E-state index contributed by atoms with van der Waals surface area (Å²) in [7, 11) is 0. The van der Waals surface area contributed by atoms with Crippen LogP contribution in [0.25, 0.3) is 16.9 Å². The first-order chi connectivity index (χ1) is 14.7. The number of fused-ring (bicyclic) bond motifs is 1. The molecule has 1 fully saturated rings. The Labute approximate surface area is 178 Å². The predicted octanol–water partition coefficient (Wildman–Crippen LogP) is 4.94. The highest BCUT2D eigenvalue weighted by Gasteiger charge is 2.23. The van der Waals surface area contributed by atoms with E-state index >= 15 is 0 Å². The maximum absolute atomic E-state index is 12.7. The van der Waals surface area contributed by atoms with Gasteiger partial charge in [0.15, 0.2) is 11.5 Å². The van der Waals surface area contributed by atoms with Crippen LogP contribution in [0.2, 0.25) is 0 Å². The van der Waals surface area contributed by atoms with Crippen molar-refractivity contribution in [3.63, 3.8) is 0 Å². The maximum atomic E-state index is 12.7. The second-order valence-electron chi connectivity index (χ2n) is 7.32. The highest BCUT2D eigenvalue weighted by molar-refractivity contribution is 7.98. The van der Waals surface area contributed by atoms with Crippen LogP contribution in [-0.2, 0) is 0 Å². The van der Waals surface area contributed by atoms with E-state index in [4.69, 9.17) is 4.98 Å². The van der Waals surface area contributed by atoms with Crippen LogP contribution in [0.15, 0.2) is 72.0 Å². The lowest BCUT2D eigenvalue weighted by Gasteiger charge is -2.11. The van der Waals surface area contributed by atoms with Gasteiger partial charge < -0.3 is 15.0 Å². The Hall–Kier alpha value is -3.32. The van der Waals surface area contributed by atoms with E-state index in [1.807, 2.05) is 71.6 Å². The van der Waals surface area contributed by atoms with E-state index in [-0.39, 0.29) is 5.91 Å². The fourth-order valence-corrected chi connectivity index (χ4v) is 3.77. The number of hydrogen-bond donors (Lipinski definition) is 2. The molecule has 4 aromatic rings. The largest absolute Gasteiger partial charge is 0.364 e. The molecule has 0 spiro atoms. The van der Waals surface area contributed by atoms with Crippen LogP contribution in [0.4, 0.5) is 11.5 Å². The van der Waals surface area contributed by atoms with Gasteiger partial charge in [0, 0.05) is 46.3 Å². The van der Waals surface area contributed by atoms with E-state index in [1.165, 1.54) is 0 Å². The lowest BCUT2D eigenvalue weighted by molar-refractivity contribution is 0.102. The Bertz CT molecular complexity index is 1230. The first-order valence-electron chi connectivity index (χ1n) is 9.86. The lowest BCUT2D eigenvalue weighted by atomic mass is 10.1. The van der Waals surface area contributed by atoms with E-state index in [1.54, 1.807) is 18.0 Å². The van der Waals surface area contributed by atoms with Crippen molar-refractivity contribution in [2.45, 2.75) is 23.8 Å². The van der Waals surface area contributed by atoms with Gasteiger partial charge in [-0.1, -0.05) is 18.2 Å². The predicted molar refractivity (Wildman–Crippen MR) is 121 cm³/mol. The van der Waals surface area contributed by atoms with Gasteiger partial charge in [-0.05, 0) is 49.4 Å². The van der Waals surface area contributed by atoms with E-state index in [2.05, 4.69) is 15.6 Å². The highest BCUT2D eigenvalue weighted by atomic mass is 32.2. The second-order valence-corrected chi connectivity index (χ2v) is 8.20. The Morgan fingerprint density at radius 2 is 2.03 bits per heavy atom. The Morgan fingerprint density at radius 1 is 1.17 bits per heavy atom. The molecule has 5 rings (SSSR count). The van der Waals surface area contributed by atoms with Crippen molar-refractivity contribution in [2.75, 3.05) is 16.9 Å². The minimum absolute atomic E-state index is 0.128. The number of amides is 1. The van der Waals surface area contributed by atoms with Crippen LogP contribution in [0.3, 0.4) is 0 Å². The summed E-state index contributed by atoms with van der Waals surface area (Å²) in [5, 5.41) is 6.47. The first kappa shape index (κ1) is 18.7. The van der Waals surface area contributed by atoms with Crippen molar-refractivity contribution >= 4 is 34.8 Å². The molecule has 0 aliphatic heterocycles. The van der Waals surface area contributed by atoms with Crippen molar-refractivity contribution < 1.29 is 4.79 Å². The molecule has 0 radical (unpaired) electrons. The van der Waals surface area contributed by atoms with Gasteiger partial charge in [0.05, 0.1) is 5.69 Å². The number of carbonyl (C=O) groups is 1. The van der Waals surface area contributed by atoms with E-state index in [9.17, 15) is 4.79 Å². The van der Waals surface area contributed by atoms with Crippen molar-refractivity contribution in [3.8, 4) is 11.3 Å². The summed E-state index contributed by atoms with van der Waals surface area (Å²) >= 11 is 1.62. The average molecular weight is 416 g/mol. The zero-order chi connectivity index (χ0) is 20.5. The number of carbonyl (C=O) groups excluding carboxylic acids is 1. The number of imidazole rings is 1. The third-order valence-corrected chi connectivity index (χ3v) is 5.77. The van der Waals surface area contributed by atoms with Crippen LogP contribution < -0.4 is 10.6 Å². The molecule has 0 bridgehead atoms. The fourth-order valence-electron chi connectivity index (χ4n) is 3.31. The molecule has 2 N–H and O–H groups in total. The molecule has 0 atom stereocenters. The molecular formula is C23H21N5OS. The molecule has 1 amide bonds. The SMILES string of the molecule is CSc1cccc(C(=O)Nc2cccc(-c3cn4ccnc4c(NC4CC4)n3)c2)c1. The van der Waals surface area contributed by atoms with Gasteiger partial charge >= 0.3 is 0 Å². The number of nitrogens with one attached hydrogen (secondary N) is 2. The Balaban J connectivity index is 1.44. The Kier molecular flexibility index (Phi) is 4.88. The summed E-state index contributed by atoms with van der Waals surface area (Å²) in [5.74, 6) is 0.667. The van der Waals surface area contributed by atoms with E-state index in [0.29, 0.717) is 11.6 Å². The van der Waals surface area contributed by atoms with Gasteiger partial charge in [0.1, 0.15) is 0 Å². The molecular weight excluding hydrogens is 394 g/mol. The summed E-state index contributed by atoms with van der Waals surface area (Å²) in [6.45, 7) is 0. The maximum Gasteiger partial charge on any atom is 0.255 e. The third kappa shape index (κ3) is 3.89. The van der Waals surface area contributed by atoms with Gasteiger partial charge in [-0.2, -0.15) is 0 Å². The van der Waals surface area contributed by atoms with Gasteiger partial charge in [-0.3, -0.25) is 4.79 Å². The summed E-state index contributed by atoms with van der Waals surface area (Å²) in [6.07, 6.45) is 9.98. The summed E-state index contributed by atoms with van der Waals surface area (Å²) in [4.78, 5) is 23.0. The smallest absolute Gasteiger partial charge is 0.255 e. The summed E-state index contributed by atoms with van der Waals surface area (Å²) < 4.78 is 1.98. The average Bonchev–Trinajstić information content (AvgIpc) is 3.46. The summed E-state index contributed by atoms with van der Waals surface area (Å²) in [5.41, 5.74) is 3.95. The normalized spacial score (nSPS) is 13.4. The minimum atomic E-state index is -0.128. The van der Waals surface area contributed by atoms with Crippen molar-refractivity contribution in [2.24, 2.45) is 0 Å². The standard InChI is InChI=1S/C23H21N5OS/c1-30-19-7-3-5-16(13-19)23(29)26-18-6-2-4-15(12-18)20-14-28-11-10-24-22(28)21(27-20)25-17-8-9-17/h2-7,10-14,17H,8-9H2,1H3,(H,25,27)(H,26,29). The lowest BCUT2D eigenvalue weighted by Crippen LogP contribution is -2.12. The molecule has 0 unspecified atom stereocenters. The molecule has 30 heavy (non-hydrogen) atoms. The molecule has 1 saturated carbocycles. The molecule has 7 heteroatoms. The summed E-state index contributed by atoms with van der Waals surface area (Å²) in [6, 6.07) is 15.9. The number of benzene rings is 2. The highest BCUT2D eigenvalue weighted by Crippen LogP contribution is 2.29. The molecule has 2 aromatic heterocycles. The number of thioether (sulfide) groups is 1. The zero-order valence-corrected chi connectivity index (χ0v) is 17.3. The van der Waals surface area contributed by atoms with Crippen LogP contribution >= 0.6 is 11.8 Å². The van der Waals surface area contributed by atoms with Crippen LogP contribution in [-0.4, -0.2) is 32.6 Å². The number of aromatic nitrogens is 3. The number of hydrogen-bond acceptors (Lipinski definition) is 5. The minimum Gasteiger partial charge on any atom is -0.364 e. The molecule has 6 nitrogen and oxygen atoms in total. The molecule has 1 aliphatic rings. The third-order valence-electron chi connectivity index (χ3n) is 5.04. The van der Waals surface area contributed by atoms with Crippen molar-refractivity contribution in [3.05, 3.63) is 72.7 Å². The molecule has 2 aromatic carbocycles. The van der Waals surface area contributed by atoms with Crippen molar-refractivity contribution in [1.82, 2.24) is 14.4 Å². The van der Waals surface area contributed by atoms with Crippen LogP contribution in [0, 0.1) is 0 Å². The van der Waals surface area contributed by atoms with Gasteiger partial charge in [0.25, 0.3) is 5.91 Å². The molecule has 150 valence electrons. The van der Waals surface area contributed by atoms with Gasteiger partial charge in [0.2, 0.25) is 0 Å². The first-order valence-corrected chi connectivity index (χ1v) is 11.1. The van der Waals surface area contributed by atoms with E-state index in [0.717, 1.165) is 46.1 Å². The number of anilines is 2. The zero-order valence-electron chi connectivity index (χ0n) is 16.5. The number of nitrogens with zero attached hydrogens (tertiary/aromatic N) is 3. The van der Waals surface area contributed by atoms with Gasteiger partial charge in [-0.25, -0.2) is 9.97 Å². The van der Waals surface area contributed by atoms with Crippen molar-refractivity contribution in [1.29, 1.82) is 0 Å². The molecule has 2 heterocycles. The van der Waals surface area contributed by atoms with Crippen LogP contribution in [0.1, 0.15) is 23.2 Å². The quantitative estimate of drug-likeness (QED) is 0.436. The van der Waals surface area contributed by atoms with Gasteiger partial charge in [-0.15, -0.1) is 11.8 Å². The Morgan fingerprint density at radius 3 is 2.87 bits per heavy atom. The topological polar surface area (TPSA) is 71.3 Å². The molecule has 0 saturated heterocycles. The second kappa shape index (κ2) is 7.84. The van der Waals surface area contributed by atoms with Crippen LogP contribution in [0.5, 0.6) is 0 Å². The fraction of sp³-hybridized carbons (Fsp3) is 0.174. The molecule has 1 aliphatic carbocycles. The van der Waals surface area contributed by atoms with E-state index < -0.39 is 0 Å². The monoisotopic (exact) mass is 415 g/mol.